The lowest BCUT2D eigenvalue weighted by molar-refractivity contribution is -0.128. The first kappa shape index (κ1) is 14.4. The lowest BCUT2D eigenvalue weighted by Crippen LogP contribution is -2.34. The van der Waals surface area contributed by atoms with Crippen LogP contribution in [0.5, 0.6) is 0 Å². The number of aryl methyl sites for hydroxylation is 1. The molecule has 1 amide bonds. The van der Waals surface area contributed by atoms with Gasteiger partial charge in [0.1, 0.15) is 5.82 Å². The van der Waals surface area contributed by atoms with Crippen LogP contribution in [-0.2, 0) is 11.3 Å². The summed E-state index contributed by atoms with van der Waals surface area (Å²) in [5.41, 5.74) is 0. The molecule has 0 saturated carbocycles. The van der Waals surface area contributed by atoms with Gasteiger partial charge in [-0.15, -0.1) is 10.2 Å². The van der Waals surface area contributed by atoms with E-state index in [2.05, 4.69) is 35.5 Å². The van der Waals surface area contributed by atoms with Gasteiger partial charge in [0.25, 0.3) is 0 Å². The smallest absolute Gasteiger partial charge is 0.236 e. The van der Waals surface area contributed by atoms with Crippen molar-refractivity contribution in [3.8, 4) is 0 Å². The van der Waals surface area contributed by atoms with Crippen molar-refractivity contribution in [1.29, 1.82) is 0 Å². The van der Waals surface area contributed by atoms with Gasteiger partial charge in [0, 0.05) is 19.1 Å². The molecule has 0 aromatic carbocycles. The molecule has 1 aromatic heterocycles. The van der Waals surface area contributed by atoms with Crippen molar-refractivity contribution in [2.24, 2.45) is 0 Å². The maximum atomic E-state index is 12.3. The summed E-state index contributed by atoms with van der Waals surface area (Å²) in [4.78, 5) is 14.2. The van der Waals surface area contributed by atoms with Crippen molar-refractivity contribution < 1.29 is 4.79 Å². The third-order valence-electron chi connectivity index (χ3n) is 3.41. The first-order valence-electron chi connectivity index (χ1n) is 6.91. The Morgan fingerprint density at radius 3 is 2.74 bits per heavy atom. The van der Waals surface area contributed by atoms with Gasteiger partial charge in [0.05, 0.1) is 5.25 Å². The first-order chi connectivity index (χ1) is 9.04. The third-order valence-corrected chi connectivity index (χ3v) is 4.65. The fraction of sp³-hybridized carbons (Fsp3) is 0.769. The average Bonchev–Trinajstić information content (AvgIpc) is 2.88. The Bertz CT molecular complexity index is 457. The van der Waals surface area contributed by atoms with Crippen molar-refractivity contribution in [2.75, 3.05) is 6.54 Å². The van der Waals surface area contributed by atoms with Gasteiger partial charge in [-0.2, -0.15) is 0 Å². The van der Waals surface area contributed by atoms with Crippen molar-refractivity contribution in [3.63, 3.8) is 0 Å². The monoisotopic (exact) mass is 282 g/mol. The summed E-state index contributed by atoms with van der Waals surface area (Å²) >= 11 is 1.57. The second kappa shape index (κ2) is 5.94. The number of aromatic nitrogens is 3. The van der Waals surface area contributed by atoms with E-state index in [-0.39, 0.29) is 17.2 Å². The molecule has 0 N–H and O–H groups in total. The van der Waals surface area contributed by atoms with Crippen LogP contribution in [-0.4, -0.2) is 43.4 Å². The molecule has 2 rings (SSSR count). The summed E-state index contributed by atoms with van der Waals surface area (Å²) in [6, 6.07) is 0.286. The highest BCUT2D eigenvalue weighted by Crippen LogP contribution is 2.30. The highest BCUT2D eigenvalue weighted by Gasteiger charge is 2.34. The summed E-state index contributed by atoms with van der Waals surface area (Å²) in [5.74, 6) is 1.17. The molecular weight excluding hydrogens is 260 g/mol. The van der Waals surface area contributed by atoms with E-state index in [0.29, 0.717) is 0 Å². The minimum Gasteiger partial charge on any atom is -0.339 e. The van der Waals surface area contributed by atoms with Gasteiger partial charge in [0.2, 0.25) is 5.91 Å². The number of thioether (sulfide) groups is 1. The van der Waals surface area contributed by atoms with Crippen LogP contribution in [0.15, 0.2) is 5.16 Å². The van der Waals surface area contributed by atoms with E-state index in [1.807, 2.05) is 11.8 Å². The Labute approximate surface area is 118 Å². The molecule has 1 saturated heterocycles. The number of rotatable bonds is 5. The number of amides is 1. The van der Waals surface area contributed by atoms with Crippen molar-refractivity contribution in [3.05, 3.63) is 5.82 Å². The minimum atomic E-state index is 0.00149. The molecule has 1 aromatic rings. The molecule has 0 spiro atoms. The molecule has 2 heterocycles. The molecule has 0 radical (unpaired) electrons. The number of hydrogen-bond acceptors (Lipinski definition) is 4. The summed E-state index contributed by atoms with van der Waals surface area (Å²) in [6.07, 6.45) is 1.95. The Hall–Kier alpha value is -1.04. The molecule has 6 heteroatoms. The molecule has 0 bridgehead atoms. The Balaban J connectivity index is 2.08. The number of carbonyl (C=O) groups is 1. The van der Waals surface area contributed by atoms with Gasteiger partial charge in [-0.1, -0.05) is 18.7 Å². The highest BCUT2D eigenvalue weighted by atomic mass is 32.2. The fourth-order valence-electron chi connectivity index (χ4n) is 2.35. The molecule has 1 aliphatic rings. The summed E-state index contributed by atoms with van der Waals surface area (Å²) in [6.45, 7) is 9.99. The van der Waals surface area contributed by atoms with Crippen LogP contribution in [0.1, 0.15) is 39.4 Å². The fourth-order valence-corrected chi connectivity index (χ4v) is 3.51. The normalized spacial score (nSPS) is 19.7. The molecular formula is C13H22N4OS. The van der Waals surface area contributed by atoms with Gasteiger partial charge >= 0.3 is 0 Å². The molecule has 106 valence electrons. The second-order valence-corrected chi connectivity index (χ2v) is 6.37. The zero-order chi connectivity index (χ0) is 14.0. The maximum Gasteiger partial charge on any atom is 0.236 e. The lowest BCUT2D eigenvalue weighted by Gasteiger charge is -2.20. The Morgan fingerprint density at radius 1 is 1.42 bits per heavy atom. The zero-order valence-corrected chi connectivity index (χ0v) is 12.9. The van der Waals surface area contributed by atoms with E-state index in [0.717, 1.165) is 36.9 Å². The second-order valence-electron chi connectivity index (χ2n) is 5.20. The van der Waals surface area contributed by atoms with Crippen LogP contribution in [0.3, 0.4) is 0 Å². The van der Waals surface area contributed by atoms with Crippen LogP contribution in [0.2, 0.25) is 0 Å². The first-order valence-corrected chi connectivity index (χ1v) is 7.79. The quantitative estimate of drug-likeness (QED) is 0.830. The molecule has 1 fully saturated rings. The molecule has 1 aliphatic heterocycles. The van der Waals surface area contributed by atoms with Gasteiger partial charge in [-0.25, -0.2) is 0 Å². The number of likely N-dealkylation sites (tertiary alicyclic amines) is 1. The van der Waals surface area contributed by atoms with Gasteiger partial charge < -0.3 is 9.47 Å². The number of nitrogens with zero attached hydrogens (tertiary/aromatic N) is 4. The predicted octanol–water partition coefficient (Wildman–Crippen LogP) is 2.10. The molecule has 0 aliphatic carbocycles. The van der Waals surface area contributed by atoms with E-state index in [4.69, 9.17) is 0 Å². The summed E-state index contributed by atoms with van der Waals surface area (Å²) < 4.78 is 2.11. The van der Waals surface area contributed by atoms with Crippen LogP contribution in [0.25, 0.3) is 0 Å². The van der Waals surface area contributed by atoms with Crippen molar-refractivity contribution in [2.45, 2.75) is 63.5 Å². The zero-order valence-electron chi connectivity index (χ0n) is 12.1. The molecule has 19 heavy (non-hydrogen) atoms. The van der Waals surface area contributed by atoms with Gasteiger partial charge in [-0.05, 0) is 33.6 Å². The third kappa shape index (κ3) is 2.94. The van der Waals surface area contributed by atoms with Crippen LogP contribution >= 0.6 is 11.8 Å². The van der Waals surface area contributed by atoms with Gasteiger partial charge in [0.15, 0.2) is 5.16 Å². The molecule has 0 unspecified atom stereocenters. The van der Waals surface area contributed by atoms with Gasteiger partial charge in [-0.3, -0.25) is 4.79 Å². The summed E-state index contributed by atoms with van der Waals surface area (Å²) in [7, 11) is 0. The lowest BCUT2D eigenvalue weighted by atomic mass is 10.3. The average molecular weight is 282 g/mol. The number of carbonyl (C=O) groups excluding carboxylic acids is 1. The van der Waals surface area contributed by atoms with E-state index in [1.54, 1.807) is 11.8 Å². The Morgan fingerprint density at radius 2 is 2.16 bits per heavy atom. The molecule has 1 atom stereocenters. The molecule has 5 nitrogen and oxygen atoms in total. The maximum absolute atomic E-state index is 12.3. The van der Waals surface area contributed by atoms with E-state index in [9.17, 15) is 4.79 Å². The van der Waals surface area contributed by atoms with Crippen LogP contribution in [0.4, 0.5) is 0 Å². The predicted molar refractivity (Wildman–Crippen MR) is 76.2 cm³/mol. The van der Waals surface area contributed by atoms with E-state index < -0.39 is 0 Å². The van der Waals surface area contributed by atoms with E-state index in [1.165, 1.54) is 0 Å². The highest BCUT2D eigenvalue weighted by molar-refractivity contribution is 8.00. The van der Waals surface area contributed by atoms with E-state index >= 15 is 0 Å². The van der Waals surface area contributed by atoms with Crippen LogP contribution in [0, 0.1) is 6.92 Å². The number of hydrogen-bond donors (Lipinski definition) is 0. The largest absolute Gasteiger partial charge is 0.339 e. The Kier molecular flexibility index (Phi) is 4.50. The standard InChI is InChI=1S/C13H22N4OS/c1-5-7-17-10(4)14-15-13(17)19-11-6-8-16(9(2)3)12(11)18/h9,11H,5-8H2,1-4H3/t11-/m1/s1. The SMILES string of the molecule is CCCn1c(C)nnc1S[C@@H]1CCN(C(C)C)C1=O. The van der Waals surface area contributed by atoms with Crippen LogP contribution < -0.4 is 0 Å². The van der Waals surface area contributed by atoms with Crippen molar-refractivity contribution >= 4 is 17.7 Å². The summed E-state index contributed by atoms with van der Waals surface area (Å²) in [5, 5.41) is 9.21. The minimum absolute atomic E-state index is 0.00149. The topological polar surface area (TPSA) is 51.0 Å². The van der Waals surface area contributed by atoms with Crippen molar-refractivity contribution in [1.82, 2.24) is 19.7 Å².